The molecule has 0 radical (unpaired) electrons. The fourth-order valence-corrected chi connectivity index (χ4v) is 4.25. The van der Waals surface area contributed by atoms with Gasteiger partial charge < -0.3 is 9.88 Å². The molecule has 1 aliphatic carbocycles. The highest BCUT2D eigenvalue weighted by molar-refractivity contribution is 8.04. The number of carbonyl (C=O) groups is 1. The lowest BCUT2D eigenvalue weighted by Crippen LogP contribution is -2.03. The zero-order valence-electron chi connectivity index (χ0n) is 12.6. The van der Waals surface area contributed by atoms with E-state index in [0.29, 0.717) is 16.8 Å². The minimum Gasteiger partial charge on any atom is -0.349 e. The summed E-state index contributed by atoms with van der Waals surface area (Å²) in [6, 6.07) is 8.59. The maximum Gasteiger partial charge on any atom is 0.186 e. The first-order valence-corrected chi connectivity index (χ1v) is 8.79. The lowest BCUT2D eigenvalue weighted by molar-refractivity contribution is -0.112. The number of hydrogen-bond acceptors (Lipinski definition) is 5. The molecular weight excluding hydrogens is 308 g/mol. The fourth-order valence-electron chi connectivity index (χ4n) is 3.33. The molecule has 1 aromatic heterocycles. The van der Waals surface area contributed by atoms with Crippen LogP contribution in [-0.4, -0.2) is 21.1 Å². The van der Waals surface area contributed by atoms with Crippen LogP contribution < -0.4 is 5.32 Å². The summed E-state index contributed by atoms with van der Waals surface area (Å²) in [5.74, 6) is 0.232. The van der Waals surface area contributed by atoms with Gasteiger partial charge in [-0.3, -0.25) is 4.79 Å². The van der Waals surface area contributed by atoms with Crippen LogP contribution in [0.15, 0.2) is 35.1 Å². The molecule has 1 saturated carbocycles. The molecule has 6 heteroatoms. The first kappa shape index (κ1) is 14.3. The third-order valence-electron chi connectivity index (χ3n) is 4.52. The maximum atomic E-state index is 11.6. The van der Waals surface area contributed by atoms with Crippen LogP contribution in [0.25, 0.3) is 11.0 Å². The lowest BCUT2D eigenvalue weighted by Gasteiger charge is -2.12. The third-order valence-corrected chi connectivity index (χ3v) is 5.52. The Bertz CT molecular complexity index is 855. The van der Waals surface area contributed by atoms with Gasteiger partial charge in [0.15, 0.2) is 5.78 Å². The fraction of sp³-hybridized carbons (Fsp3) is 0.353. The van der Waals surface area contributed by atoms with Gasteiger partial charge >= 0.3 is 0 Å². The molecule has 5 nitrogen and oxygen atoms in total. The highest BCUT2D eigenvalue weighted by Gasteiger charge is 2.24. The number of hydrogen-bond donors (Lipinski definition) is 1. The number of rotatable bonds is 3. The highest BCUT2D eigenvalue weighted by Crippen LogP contribution is 2.34. The molecule has 1 N–H and O–H groups in total. The minimum absolute atomic E-state index is 0.105. The summed E-state index contributed by atoms with van der Waals surface area (Å²) in [7, 11) is 0. The van der Waals surface area contributed by atoms with E-state index in [0.717, 1.165) is 16.7 Å². The molecule has 1 aliphatic heterocycles. The molecule has 1 aromatic carbocycles. The van der Waals surface area contributed by atoms with Gasteiger partial charge in [-0.2, -0.15) is 5.26 Å². The second-order valence-corrected chi connectivity index (χ2v) is 6.93. The van der Waals surface area contributed by atoms with Crippen LogP contribution in [0.3, 0.4) is 0 Å². The first-order chi connectivity index (χ1) is 11.3. The van der Waals surface area contributed by atoms with E-state index in [1.165, 1.54) is 37.4 Å². The highest BCUT2D eigenvalue weighted by atomic mass is 32.2. The molecule has 4 rings (SSSR count). The Hall–Kier alpha value is -2.26. The molecule has 0 atom stereocenters. The van der Waals surface area contributed by atoms with Crippen molar-refractivity contribution in [1.82, 2.24) is 9.55 Å². The number of Topliss-reactive ketones (excluding diaryl/α,β-unsaturated/α-hetero) is 1. The zero-order chi connectivity index (χ0) is 15.8. The number of nitriles is 1. The van der Waals surface area contributed by atoms with Crippen LogP contribution in [-0.2, 0) is 4.79 Å². The molecule has 2 aliphatic rings. The number of ketones is 1. The van der Waals surface area contributed by atoms with Crippen molar-refractivity contribution in [2.45, 2.75) is 31.7 Å². The predicted molar refractivity (Wildman–Crippen MR) is 91.0 cm³/mol. The molecule has 0 unspecified atom stereocenters. The average molecular weight is 324 g/mol. The molecule has 2 aromatic rings. The van der Waals surface area contributed by atoms with Crippen molar-refractivity contribution in [2.24, 2.45) is 0 Å². The first-order valence-electron chi connectivity index (χ1n) is 7.80. The normalized spacial score (nSPS) is 18.8. The van der Waals surface area contributed by atoms with Crippen molar-refractivity contribution in [3.05, 3.63) is 35.1 Å². The van der Waals surface area contributed by atoms with E-state index in [4.69, 9.17) is 5.26 Å². The van der Waals surface area contributed by atoms with E-state index >= 15 is 0 Å². The topological polar surface area (TPSA) is 70.7 Å². The molecule has 0 bridgehead atoms. The summed E-state index contributed by atoms with van der Waals surface area (Å²) in [4.78, 5) is 16.1. The molecule has 116 valence electrons. The Kier molecular flexibility index (Phi) is 3.58. The van der Waals surface area contributed by atoms with Crippen molar-refractivity contribution in [3.63, 3.8) is 0 Å². The Morgan fingerprint density at radius 3 is 2.96 bits per heavy atom. The van der Waals surface area contributed by atoms with Crippen molar-refractivity contribution in [3.8, 4) is 6.07 Å². The molecule has 0 saturated heterocycles. The SMILES string of the molecule is N#CC1=C(Nc2ccc3c(c2)ncn3C2CCCC2)SCC1=O. The molecule has 0 spiro atoms. The molecule has 1 fully saturated rings. The standard InChI is InChI=1S/C17H16N4OS/c18-8-13-16(22)9-23-17(13)20-11-5-6-15-14(7-11)19-10-21(15)12-3-1-2-4-12/h5-7,10,12,20H,1-4,9H2. The van der Waals surface area contributed by atoms with E-state index in [9.17, 15) is 4.79 Å². The number of thioether (sulfide) groups is 1. The second-order valence-electron chi connectivity index (χ2n) is 5.95. The van der Waals surface area contributed by atoms with Gasteiger partial charge in [-0.1, -0.05) is 24.6 Å². The van der Waals surface area contributed by atoms with E-state index < -0.39 is 0 Å². The summed E-state index contributed by atoms with van der Waals surface area (Å²) >= 11 is 1.38. The van der Waals surface area contributed by atoms with E-state index in [-0.39, 0.29) is 11.4 Å². The Morgan fingerprint density at radius 1 is 1.35 bits per heavy atom. The van der Waals surface area contributed by atoms with Crippen molar-refractivity contribution < 1.29 is 4.79 Å². The second kappa shape index (κ2) is 5.74. The number of allylic oxidation sites excluding steroid dienone is 1. The van der Waals surface area contributed by atoms with Crippen LogP contribution in [0.5, 0.6) is 0 Å². The van der Waals surface area contributed by atoms with E-state index in [1.807, 2.05) is 24.5 Å². The van der Waals surface area contributed by atoms with Crippen molar-refractivity contribution in [2.75, 3.05) is 11.1 Å². The number of nitrogens with zero attached hydrogens (tertiary/aromatic N) is 3. The number of benzene rings is 1. The van der Waals surface area contributed by atoms with Gasteiger partial charge in [0.2, 0.25) is 0 Å². The van der Waals surface area contributed by atoms with E-state index in [2.05, 4.69) is 20.9 Å². The molecular formula is C17H16N4OS. The lowest BCUT2D eigenvalue weighted by atomic mass is 10.2. The van der Waals surface area contributed by atoms with Crippen LogP contribution in [0.2, 0.25) is 0 Å². The number of anilines is 1. The van der Waals surface area contributed by atoms with Crippen LogP contribution in [0, 0.1) is 11.3 Å². The largest absolute Gasteiger partial charge is 0.349 e. The smallest absolute Gasteiger partial charge is 0.186 e. The molecule has 23 heavy (non-hydrogen) atoms. The van der Waals surface area contributed by atoms with Gasteiger partial charge in [0.25, 0.3) is 0 Å². The number of nitrogens with one attached hydrogen (secondary N) is 1. The number of fused-ring (bicyclic) bond motifs is 1. The Morgan fingerprint density at radius 2 is 2.17 bits per heavy atom. The van der Waals surface area contributed by atoms with E-state index in [1.54, 1.807) is 0 Å². The van der Waals surface area contributed by atoms with Crippen molar-refractivity contribution in [1.29, 1.82) is 5.26 Å². The van der Waals surface area contributed by atoms with Crippen LogP contribution in [0.4, 0.5) is 5.69 Å². The number of carbonyl (C=O) groups excluding carboxylic acids is 1. The predicted octanol–water partition coefficient (Wildman–Crippen LogP) is 3.61. The third kappa shape index (κ3) is 2.51. The van der Waals surface area contributed by atoms with Gasteiger partial charge in [0, 0.05) is 11.7 Å². The molecule has 0 amide bonds. The van der Waals surface area contributed by atoms with Gasteiger partial charge in [0.1, 0.15) is 11.6 Å². The van der Waals surface area contributed by atoms with Gasteiger partial charge in [0.05, 0.1) is 28.1 Å². The molecule has 2 heterocycles. The van der Waals surface area contributed by atoms with Crippen LogP contribution >= 0.6 is 11.8 Å². The van der Waals surface area contributed by atoms with Gasteiger partial charge in [-0.15, -0.1) is 0 Å². The average Bonchev–Trinajstić information content (AvgIpc) is 3.27. The van der Waals surface area contributed by atoms with Crippen molar-refractivity contribution >= 4 is 34.3 Å². The van der Waals surface area contributed by atoms with Gasteiger partial charge in [-0.05, 0) is 31.0 Å². The Balaban J connectivity index is 1.64. The summed E-state index contributed by atoms with van der Waals surface area (Å²) in [6.45, 7) is 0. The van der Waals surface area contributed by atoms with Gasteiger partial charge in [-0.25, -0.2) is 4.98 Å². The zero-order valence-corrected chi connectivity index (χ0v) is 13.4. The number of imidazole rings is 1. The quantitative estimate of drug-likeness (QED) is 0.934. The summed E-state index contributed by atoms with van der Waals surface area (Å²) in [5, 5.41) is 12.9. The van der Waals surface area contributed by atoms with Crippen LogP contribution in [0.1, 0.15) is 31.7 Å². The maximum absolute atomic E-state index is 11.6. The monoisotopic (exact) mass is 324 g/mol. The number of aromatic nitrogens is 2. The Labute approximate surface area is 138 Å². The summed E-state index contributed by atoms with van der Waals surface area (Å²) in [5.41, 5.74) is 3.17. The summed E-state index contributed by atoms with van der Waals surface area (Å²) < 4.78 is 2.28. The summed E-state index contributed by atoms with van der Waals surface area (Å²) in [6.07, 6.45) is 6.96. The minimum atomic E-state index is -0.105.